The van der Waals surface area contributed by atoms with Crippen LogP contribution >= 0.6 is 0 Å². The van der Waals surface area contributed by atoms with Gasteiger partial charge in [0.2, 0.25) is 5.91 Å². The molecule has 0 aromatic heterocycles. The van der Waals surface area contributed by atoms with E-state index in [1.807, 2.05) is 37.3 Å². The molecule has 118 valence electrons. The fraction of sp³-hybridized carbons (Fsp3) is 0.278. The molecule has 1 amide bonds. The summed E-state index contributed by atoms with van der Waals surface area (Å²) in [6.07, 6.45) is 1.67. The Balaban J connectivity index is 1.75. The van der Waals surface area contributed by atoms with Gasteiger partial charge in [0.1, 0.15) is 5.69 Å². The number of nitro benzene ring substituents is 1. The number of anilines is 1. The first-order valence-electron chi connectivity index (χ1n) is 7.68. The van der Waals surface area contributed by atoms with Crippen molar-refractivity contribution in [1.82, 2.24) is 0 Å². The highest BCUT2D eigenvalue weighted by molar-refractivity contribution is 5.98. The van der Waals surface area contributed by atoms with Crippen LogP contribution in [0.1, 0.15) is 23.1 Å². The van der Waals surface area contributed by atoms with Crippen molar-refractivity contribution < 1.29 is 9.72 Å². The molecular formula is C18H18N2O3. The third kappa shape index (κ3) is 3.08. The number of hydrogen-bond acceptors (Lipinski definition) is 3. The van der Waals surface area contributed by atoms with Crippen molar-refractivity contribution >= 4 is 17.3 Å². The molecule has 0 aliphatic carbocycles. The molecule has 0 N–H and O–H groups in total. The van der Waals surface area contributed by atoms with E-state index in [1.54, 1.807) is 11.0 Å². The molecular weight excluding hydrogens is 292 g/mol. The number of fused-ring (bicyclic) bond motifs is 1. The first-order chi connectivity index (χ1) is 11.1. The molecule has 1 heterocycles. The maximum absolute atomic E-state index is 12.5. The van der Waals surface area contributed by atoms with Gasteiger partial charge in [0.05, 0.1) is 4.92 Å². The van der Waals surface area contributed by atoms with Crippen LogP contribution in [0, 0.1) is 17.0 Å². The van der Waals surface area contributed by atoms with E-state index in [-0.39, 0.29) is 11.6 Å². The van der Waals surface area contributed by atoms with Crippen LogP contribution in [0.4, 0.5) is 11.4 Å². The molecule has 0 spiro atoms. The van der Waals surface area contributed by atoms with Crippen molar-refractivity contribution in [2.75, 3.05) is 11.4 Å². The lowest BCUT2D eigenvalue weighted by Gasteiger charge is -2.17. The maximum atomic E-state index is 12.5. The summed E-state index contributed by atoms with van der Waals surface area (Å²) in [5, 5.41) is 11.2. The van der Waals surface area contributed by atoms with Gasteiger partial charge in [-0.05, 0) is 30.9 Å². The van der Waals surface area contributed by atoms with E-state index in [1.165, 1.54) is 11.6 Å². The van der Waals surface area contributed by atoms with Crippen molar-refractivity contribution in [3.63, 3.8) is 0 Å². The van der Waals surface area contributed by atoms with Crippen LogP contribution in [0.5, 0.6) is 0 Å². The van der Waals surface area contributed by atoms with Crippen molar-refractivity contribution in [2.24, 2.45) is 0 Å². The third-order valence-corrected chi connectivity index (χ3v) is 4.22. The van der Waals surface area contributed by atoms with E-state index >= 15 is 0 Å². The number of nitro groups is 1. The van der Waals surface area contributed by atoms with Gasteiger partial charge >= 0.3 is 0 Å². The van der Waals surface area contributed by atoms with Gasteiger partial charge in [-0.3, -0.25) is 14.9 Å². The van der Waals surface area contributed by atoms with Gasteiger partial charge in [-0.2, -0.15) is 0 Å². The van der Waals surface area contributed by atoms with Crippen LogP contribution in [0.15, 0.2) is 42.5 Å². The molecule has 0 unspecified atom stereocenters. The molecule has 0 saturated heterocycles. The molecule has 2 aromatic rings. The summed E-state index contributed by atoms with van der Waals surface area (Å²) >= 11 is 0. The number of amides is 1. The van der Waals surface area contributed by atoms with Crippen molar-refractivity contribution in [2.45, 2.75) is 26.2 Å². The minimum absolute atomic E-state index is 0.0173. The first-order valence-corrected chi connectivity index (χ1v) is 7.68. The molecule has 0 radical (unpaired) electrons. The molecule has 0 saturated carbocycles. The van der Waals surface area contributed by atoms with Gasteiger partial charge in [-0.25, -0.2) is 0 Å². The lowest BCUT2D eigenvalue weighted by Crippen LogP contribution is -2.29. The number of rotatable bonds is 4. The molecule has 1 aliphatic heterocycles. The summed E-state index contributed by atoms with van der Waals surface area (Å²) in [5.41, 5.74) is 3.66. The number of benzene rings is 2. The second-order valence-corrected chi connectivity index (χ2v) is 5.82. The quantitative estimate of drug-likeness (QED) is 0.642. The Kier molecular flexibility index (Phi) is 4.10. The summed E-state index contributed by atoms with van der Waals surface area (Å²) in [7, 11) is 0. The summed E-state index contributed by atoms with van der Waals surface area (Å²) in [4.78, 5) is 24.9. The zero-order chi connectivity index (χ0) is 16.4. The molecule has 2 aromatic carbocycles. The molecule has 0 bridgehead atoms. The van der Waals surface area contributed by atoms with E-state index in [4.69, 9.17) is 0 Å². The lowest BCUT2D eigenvalue weighted by atomic mass is 10.1. The number of nitrogens with zero attached hydrogens (tertiary/aromatic N) is 2. The van der Waals surface area contributed by atoms with Crippen LogP contribution in [-0.4, -0.2) is 17.4 Å². The summed E-state index contributed by atoms with van der Waals surface area (Å²) in [6, 6.07) is 13.1. The fourth-order valence-electron chi connectivity index (χ4n) is 2.97. The summed E-state index contributed by atoms with van der Waals surface area (Å²) < 4.78 is 0. The zero-order valence-electron chi connectivity index (χ0n) is 13.0. The molecule has 1 aliphatic rings. The molecule has 0 fully saturated rings. The van der Waals surface area contributed by atoms with E-state index in [9.17, 15) is 14.9 Å². The Morgan fingerprint density at radius 3 is 2.65 bits per heavy atom. The van der Waals surface area contributed by atoms with Crippen LogP contribution < -0.4 is 4.90 Å². The van der Waals surface area contributed by atoms with Gasteiger partial charge in [-0.1, -0.05) is 42.0 Å². The van der Waals surface area contributed by atoms with E-state index in [2.05, 4.69) is 0 Å². The van der Waals surface area contributed by atoms with Gasteiger partial charge in [0.15, 0.2) is 0 Å². The van der Waals surface area contributed by atoms with E-state index in [0.29, 0.717) is 31.5 Å². The Hall–Kier alpha value is -2.69. The van der Waals surface area contributed by atoms with Gasteiger partial charge in [0, 0.05) is 19.0 Å². The Morgan fingerprint density at radius 2 is 1.96 bits per heavy atom. The SMILES string of the molecule is Cc1ccc(CCC(=O)N2CCc3cccc([N+](=O)[O-])c32)cc1. The zero-order valence-corrected chi connectivity index (χ0v) is 13.0. The van der Waals surface area contributed by atoms with E-state index < -0.39 is 4.92 Å². The second-order valence-electron chi connectivity index (χ2n) is 5.82. The van der Waals surface area contributed by atoms with Crippen molar-refractivity contribution in [3.05, 3.63) is 69.3 Å². The Morgan fingerprint density at radius 1 is 1.22 bits per heavy atom. The minimum atomic E-state index is -0.412. The second kappa shape index (κ2) is 6.20. The van der Waals surface area contributed by atoms with Gasteiger partial charge in [-0.15, -0.1) is 0 Å². The Labute approximate surface area is 134 Å². The number of carbonyl (C=O) groups is 1. The molecule has 0 atom stereocenters. The average molecular weight is 310 g/mol. The molecule has 5 nitrogen and oxygen atoms in total. The predicted octanol–water partition coefficient (Wildman–Crippen LogP) is 3.43. The minimum Gasteiger partial charge on any atom is -0.306 e. The number of para-hydroxylation sites is 1. The highest BCUT2D eigenvalue weighted by Gasteiger charge is 2.31. The monoisotopic (exact) mass is 310 g/mol. The third-order valence-electron chi connectivity index (χ3n) is 4.22. The number of aryl methyl sites for hydroxylation is 2. The highest BCUT2D eigenvalue weighted by Crippen LogP contribution is 2.37. The van der Waals surface area contributed by atoms with Crippen molar-refractivity contribution in [1.29, 1.82) is 0 Å². The van der Waals surface area contributed by atoms with Crippen LogP contribution in [-0.2, 0) is 17.6 Å². The summed E-state index contributed by atoms with van der Waals surface area (Å²) in [6.45, 7) is 2.54. The fourth-order valence-corrected chi connectivity index (χ4v) is 2.97. The van der Waals surface area contributed by atoms with Crippen molar-refractivity contribution in [3.8, 4) is 0 Å². The predicted molar refractivity (Wildman–Crippen MR) is 88.7 cm³/mol. The number of hydrogen-bond donors (Lipinski definition) is 0. The maximum Gasteiger partial charge on any atom is 0.293 e. The van der Waals surface area contributed by atoms with Gasteiger partial charge < -0.3 is 4.90 Å². The largest absolute Gasteiger partial charge is 0.306 e. The Bertz CT molecular complexity index is 753. The molecule has 23 heavy (non-hydrogen) atoms. The van der Waals surface area contributed by atoms with E-state index in [0.717, 1.165) is 11.1 Å². The normalized spacial score (nSPS) is 13.0. The topological polar surface area (TPSA) is 63.5 Å². The number of carbonyl (C=O) groups excluding carboxylic acids is 1. The highest BCUT2D eigenvalue weighted by atomic mass is 16.6. The molecule has 3 rings (SSSR count). The average Bonchev–Trinajstić information content (AvgIpc) is 2.98. The van der Waals surface area contributed by atoms with Gasteiger partial charge in [0.25, 0.3) is 5.69 Å². The first kappa shape index (κ1) is 15.2. The van der Waals surface area contributed by atoms with Crippen LogP contribution in [0.25, 0.3) is 0 Å². The smallest absolute Gasteiger partial charge is 0.293 e. The standard InChI is InChI=1S/C18H18N2O3/c1-13-5-7-14(8-6-13)9-10-17(21)19-12-11-15-3-2-4-16(18(15)19)20(22)23/h2-8H,9-12H2,1H3. The molecule has 5 heteroatoms. The lowest BCUT2D eigenvalue weighted by molar-refractivity contribution is -0.384. The van der Waals surface area contributed by atoms with Crippen LogP contribution in [0.2, 0.25) is 0 Å². The summed E-state index contributed by atoms with van der Waals surface area (Å²) in [5.74, 6) is -0.0568. The van der Waals surface area contributed by atoms with Crippen LogP contribution in [0.3, 0.4) is 0 Å².